The van der Waals surface area contributed by atoms with Crippen LogP contribution >= 0.6 is 0 Å². The van der Waals surface area contributed by atoms with Gasteiger partial charge in [0.25, 0.3) is 0 Å². The van der Waals surface area contributed by atoms with E-state index in [1.807, 2.05) is 6.92 Å². The van der Waals surface area contributed by atoms with Crippen LogP contribution in [-0.2, 0) is 26.3 Å². The number of ether oxygens (including phenoxy) is 1. The summed E-state index contributed by atoms with van der Waals surface area (Å²) in [5.41, 5.74) is 0.933. The van der Waals surface area contributed by atoms with Crippen LogP contribution in [0.3, 0.4) is 0 Å². The van der Waals surface area contributed by atoms with Crippen molar-refractivity contribution < 1.29 is 21.6 Å². The molecule has 1 aliphatic heterocycles. The third-order valence-corrected chi connectivity index (χ3v) is 8.62. The minimum absolute atomic E-state index is 0.103. The quantitative estimate of drug-likeness (QED) is 0.684. The molecule has 1 heterocycles. The van der Waals surface area contributed by atoms with Crippen molar-refractivity contribution in [2.75, 3.05) is 19.3 Å². The number of nitrogens with zero attached hydrogens (tertiary/aromatic N) is 1. The smallest absolute Gasteiger partial charge is 0.213 e. The molecular formula is C20H25NO5S2. The lowest BCUT2D eigenvalue weighted by Gasteiger charge is -2.29. The van der Waals surface area contributed by atoms with Crippen LogP contribution in [-0.4, -0.2) is 46.6 Å². The summed E-state index contributed by atoms with van der Waals surface area (Å²) in [5.74, 6) is 0.612. The number of rotatable bonds is 7. The van der Waals surface area contributed by atoms with E-state index in [9.17, 15) is 16.8 Å². The molecule has 28 heavy (non-hydrogen) atoms. The zero-order chi connectivity index (χ0) is 20.4. The summed E-state index contributed by atoms with van der Waals surface area (Å²) in [4.78, 5) is 0.401. The minimum Gasteiger partial charge on any atom is -0.489 e. The number of aryl methyl sites for hydroxylation is 1. The van der Waals surface area contributed by atoms with Gasteiger partial charge in [0.15, 0.2) is 0 Å². The summed E-state index contributed by atoms with van der Waals surface area (Å²) >= 11 is 0. The first-order chi connectivity index (χ1) is 13.2. The maximum absolute atomic E-state index is 12.8. The minimum atomic E-state index is -3.63. The molecule has 0 bridgehead atoms. The van der Waals surface area contributed by atoms with Gasteiger partial charge in [0, 0.05) is 7.05 Å². The molecule has 0 aliphatic carbocycles. The van der Waals surface area contributed by atoms with E-state index in [0.717, 1.165) is 5.56 Å². The maximum Gasteiger partial charge on any atom is 0.213 e. The molecule has 0 radical (unpaired) electrons. The fraction of sp³-hybridized carbons (Fsp3) is 0.400. The molecule has 1 atom stereocenters. The number of hydrogen-bond donors (Lipinski definition) is 0. The van der Waals surface area contributed by atoms with Crippen molar-refractivity contribution in [1.82, 2.24) is 4.31 Å². The van der Waals surface area contributed by atoms with Crippen LogP contribution in [0, 0.1) is 0 Å². The Morgan fingerprint density at radius 1 is 1.04 bits per heavy atom. The monoisotopic (exact) mass is 423 g/mol. The Balaban J connectivity index is 1.81. The first-order valence-electron chi connectivity index (χ1n) is 9.28. The van der Waals surface area contributed by atoms with Crippen LogP contribution < -0.4 is 4.74 Å². The fourth-order valence-electron chi connectivity index (χ4n) is 3.25. The molecule has 2 aromatic carbocycles. The molecule has 0 N–H and O–H groups in total. The summed E-state index contributed by atoms with van der Waals surface area (Å²) in [6, 6.07) is 13.2. The van der Waals surface area contributed by atoms with E-state index >= 15 is 0 Å². The first kappa shape index (κ1) is 20.8. The van der Waals surface area contributed by atoms with Gasteiger partial charge in [-0.1, -0.05) is 31.2 Å². The molecule has 3 rings (SSSR count). The lowest BCUT2D eigenvalue weighted by atomic mass is 10.0. The highest BCUT2D eigenvalue weighted by Gasteiger charge is 2.27. The van der Waals surface area contributed by atoms with Gasteiger partial charge in [-0.25, -0.2) is 21.1 Å². The van der Waals surface area contributed by atoms with Crippen molar-refractivity contribution in [2.24, 2.45) is 0 Å². The SMILES string of the molecule is CCCS(=O)(=O)N(C)C[C@H]1CCc2ccc(S(=O)(=O)c3ccccc3)cc2O1. The number of benzene rings is 2. The van der Waals surface area contributed by atoms with Gasteiger partial charge in [-0.3, -0.25) is 0 Å². The van der Waals surface area contributed by atoms with Crippen LogP contribution in [0.1, 0.15) is 25.3 Å². The molecule has 8 heteroatoms. The highest BCUT2D eigenvalue weighted by Crippen LogP contribution is 2.32. The van der Waals surface area contributed by atoms with E-state index in [1.165, 1.54) is 4.31 Å². The second kappa shape index (κ2) is 8.23. The Kier molecular flexibility index (Phi) is 6.12. The number of sulfone groups is 1. The van der Waals surface area contributed by atoms with E-state index in [4.69, 9.17) is 4.74 Å². The normalized spacial score (nSPS) is 17.2. The third kappa shape index (κ3) is 4.39. The highest BCUT2D eigenvalue weighted by molar-refractivity contribution is 7.91. The van der Waals surface area contributed by atoms with E-state index in [0.29, 0.717) is 25.0 Å². The molecular weight excluding hydrogens is 398 g/mol. The Bertz CT molecular complexity index is 1030. The standard InChI is InChI=1S/C20H25NO5S2/c1-3-13-27(22,23)21(2)15-17-11-9-16-10-12-19(14-20(16)26-17)28(24,25)18-7-5-4-6-8-18/h4-8,10,12,14,17H,3,9,11,13,15H2,1-2H3/t17-/m1/s1. The van der Waals surface area contributed by atoms with Gasteiger partial charge in [-0.2, -0.15) is 0 Å². The molecule has 0 unspecified atom stereocenters. The molecule has 1 aliphatic rings. The van der Waals surface area contributed by atoms with Gasteiger partial charge in [0.05, 0.1) is 22.1 Å². The Hall–Kier alpha value is -1.90. The van der Waals surface area contributed by atoms with Crippen LogP contribution in [0.15, 0.2) is 58.3 Å². The lowest BCUT2D eigenvalue weighted by Crippen LogP contribution is -2.39. The van der Waals surface area contributed by atoms with E-state index in [-0.39, 0.29) is 28.2 Å². The van der Waals surface area contributed by atoms with Crippen LogP contribution in [0.25, 0.3) is 0 Å². The van der Waals surface area contributed by atoms with Gasteiger partial charge in [-0.15, -0.1) is 0 Å². The molecule has 0 aromatic heterocycles. The predicted molar refractivity (Wildman–Crippen MR) is 108 cm³/mol. The van der Waals surface area contributed by atoms with Crippen molar-refractivity contribution >= 4 is 19.9 Å². The second-order valence-corrected chi connectivity index (χ2v) is 11.1. The van der Waals surface area contributed by atoms with Crippen LogP contribution in [0.4, 0.5) is 0 Å². The van der Waals surface area contributed by atoms with Crippen molar-refractivity contribution in [1.29, 1.82) is 0 Å². The molecule has 0 fully saturated rings. The van der Waals surface area contributed by atoms with Gasteiger partial charge >= 0.3 is 0 Å². The molecule has 6 nitrogen and oxygen atoms in total. The molecule has 0 spiro atoms. The number of sulfonamides is 1. The average Bonchev–Trinajstić information content (AvgIpc) is 2.68. The number of likely N-dealkylation sites (N-methyl/N-ethyl adjacent to an activating group) is 1. The molecule has 2 aromatic rings. The number of hydrogen-bond acceptors (Lipinski definition) is 5. The van der Waals surface area contributed by atoms with Crippen LogP contribution in [0.5, 0.6) is 5.75 Å². The van der Waals surface area contributed by atoms with E-state index in [1.54, 1.807) is 55.6 Å². The maximum atomic E-state index is 12.8. The topological polar surface area (TPSA) is 80.8 Å². The van der Waals surface area contributed by atoms with E-state index in [2.05, 4.69) is 0 Å². The van der Waals surface area contributed by atoms with Crippen LogP contribution in [0.2, 0.25) is 0 Å². The summed E-state index contributed by atoms with van der Waals surface area (Å²) in [6.07, 6.45) is 1.65. The zero-order valence-corrected chi connectivity index (χ0v) is 17.7. The number of fused-ring (bicyclic) bond motifs is 1. The molecule has 0 amide bonds. The highest BCUT2D eigenvalue weighted by atomic mass is 32.2. The van der Waals surface area contributed by atoms with Crippen molar-refractivity contribution in [3.63, 3.8) is 0 Å². The molecule has 152 valence electrons. The second-order valence-electron chi connectivity index (χ2n) is 6.96. The predicted octanol–water partition coefficient (Wildman–Crippen LogP) is 2.88. The largest absolute Gasteiger partial charge is 0.489 e. The molecule has 0 saturated heterocycles. The fourth-order valence-corrected chi connectivity index (χ4v) is 5.77. The Morgan fingerprint density at radius 2 is 1.75 bits per heavy atom. The van der Waals surface area contributed by atoms with Gasteiger partial charge in [0.2, 0.25) is 19.9 Å². The third-order valence-electron chi connectivity index (χ3n) is 4.83. The zero-order valence-electron chi connectivity index (χ0n) is 16.0. The van der Waals surface area contributed by atoms with E-state index < -0.39 is 19.9 Å². The summed E-state index contributed by atoms with van der Waals surface area (Å²) in [6.45, 7) is 2.07. The van der Waals surface area contributed by atoms with Crippen molar-refractivity contribution in [3.05, 3.63) is 54.1 Å². The average molecular weight is 424 g/mol. The Morgan fingerprint density at radius 3 is 2.43 bits per heavy atom. The van der Waals surface area contributed by atoms with Crippen molar-refractivity contribution in [2.45, 2.75) is 42.1 Å². The van der Waals surface area contributed by atoms with Gasteiger partial charge < -0.3 is 4.74 Å². The van der Waals surface area contributed by atoms with Gasteiger partial charge in [-0.05, 0) is 49.1 Å². The summed E-state index contributed by atoms with van der Waals surface area (Å²) < 4.78 is 57.4. The Labute approximate surface area is 167 Å². The van der Waals surface area contributed by atoms with Gasteiger partial charge in [0.1, 0.15) is 11.9 Å². The summed E-state index contributed by atoms with van der Waals surface area (Å²) in [7, 11) is -5.37. The summed E-state index contributed by atoms with van der Waals surface area (Å²) in [5, 5.41) is 0. The first-order valence-corrected chi connectivity index (χ1v) is 12.4. The lowest BCUT2D eigenvalue weighted by molar-refractivity contribution is 0.152. The molecule has 0 saturated carbocycles. The van der Waals surface area contributed by atoms with Crippen molar-refractivity contribution in [3.8, 4) is 5.75 Å².